The summed E-state index contributed by atoms with van der Waals surface area (Å²) in [5.74, 6) is -0.206. The average molecular weight is 483 g/mol. The molecule has 2 aromatic heterocycles. The number of carbonyl (C=O) groups excluding carboxylic acids is 1. The number of benzene rings is 2. The molecule has 0 bridgehead atoms. The van der Waals surface area contributed by atoms with Gasteiger partial charge in [-0.15, -0.1) is 0 Å². The molecule has 4 aromatic rings. The molecule has 1 amide bonds. The molecule has 1 fully saturated rings. The third kappa shape index (κ3) is 4.25. The molecule has 3 heterocycles. The van der Waals surface area contributed by atoms with Crippen molar-refractivity contribution in [2.45, 2.75) is 18.9 Å². The van der Waals surface area contributed by atoms with Crippen LogP contribution >= 0.6 is 23.2 Å². The highest BCUT2D eigenvalue weighted by Crippen LogP contribution is 2.28. The van der Waals surface area contributed by atoms with Gasteiger partial charge in [0.2, 0.25) is 0 Å². The van der Waals surface area contributed by atoms with E-state index in [0.29, 0.717) is 51.0 Å². The van der Waals surface area contributed by atoms with E-state index in [1.807, 2.05) is 24.3 Å². The minimum atomic E-state index is -0.346. The number of hydrogen-bond acceptors (Lipinski definition) is 6. The number of carbonyl (C=O) groups is 1. The van der Waals surface area contributed by atoms with E-state index in [2.05, 4.69) is 20.4 Å². The summed E-state index contributed by atoms with van der Waals surface area (Å²) in [6.07, 6.45) is 3.48. The number of aromatic nitrogens is 3. The molecule has 0 spiro atoms. The number of nitrogens with one attached hydrogen (secondary N) is 1. The first kappa shape index (κ1) is 21.6. The van der Waals surface area contributed by atoms with Crippen LogP contribution in [0.15, 0.2) is 47.6 Å². The Labute approximate surface area is 199 Å². The van der Waals surface area contributed by atoms with E-state index < -0.39 is 0 Å². The lowest BCUT2D eigenvalue weighted by molar-refractivity contribution is 0.0859. The van der Waals surface area contributed by atoms with Gasteiger partial charge in [0.25, 0.3) is 5.91 Å². The topological polar surface area (TPSA) is 107 Å². The number of halogens is 2. The number of para-hydroxylation sites is 2. The molecule has 0 radical (unpaired) electrons. The Morgan fingerprint density at radius 2 is 2.00 bits per heavy atom. The standard InChI is InChI=1S/C23H20Cl2N6O2/c24-15-8-7-13(10-16(15)25)11-28-31-21(26)19(23(32)27-12-14-4-3-9-33-14)20-22(31)30-18-6-2-1-5-17(18)29-20/h1-2,5-8,10-11,14H,3-4,9,12,26H2,(H,27,32). The van der Waals surface area contributed by atoms with Crippen molar-refractivity contribution in [1.82, 2.24) is 20.0 Å². The number of nitrogens with zero attached hydrogens (tertiary/aromatic N) is 4. The molecule has 1 saturated heterocycles. The van der Waals surface area contributed by atoms with E-state index in [4.69, 9.17) is 33.7 Å². The Bertz CT molecular complexity index is 1390. The van der Waals surface area contributed by atoms with Gasteiger partial charge in [-0.3, -0.25) is 4.79 Å². The number of amides is 1. The van der Waals surface area contributed by atoms with Crippen molar-refractivity contribution >= 4 is 63.3 Å². The van der Waals surface area contributed by atoms with Crippen LogP contribution in [0.2, 0.25) is 10.0 Å². The maximum atomic E-state index is 13.1. The van der Waals surface area contributed by atoms with Crippen LogP contribution in [-0.2, 0) is 4.74 Å². The van der Waals surface area contributed by atoms with Crippen LogP contribution in [0.5, 0.6) is 0 Å². The molecule has 0 aliphatic carbocycles. The zero-order valence-corrected chi connectivity index (χ0v) is 19.0. The van der Waals surface area contributed by atoms with Crippen LogP contribution in [0.4, 0.5) is 5.82 Å². The molecule has 1 aliphatic heterocycles. The molecule has 5 rings (SSSR count). The summed E-state index contributed by atoms with van der Waals surface area (Å²) in [6.45, 7) is 1.11. The van der Waals surface area contributed by atoms with E-state index in [-0.39, 0.29) is 23.4 Å². The van der Waals surface area contributed by atoms with Gasteiger partial charge < -0.3 is 15.8 Å². The van der Waals surface area contributed by atoms with Gasteiger partial charge in [-0.25, -0.2) is 9.97 Å². The monoisotopic (exact) mass is 482 g/mol. The summed E-state index contributed by atoms with van der Waals surface area (Å²) in [7, 11) is 0. The second-order valence-corrected chi connectivity index (χ2v) is 8.53. The number of fused-ring (bicyclic) bond motifs is 2. The summed E-state index contributed by atoms with van der Waals surface area (Å²) in [5, 5.41) is 8.25. The van der Waals surface area contributed by atoms with E-state index in [9.17, 15) is 4.79 Å². The molecule has 1 atom stereocenters. The van der Waals surface area contributed by atoms with E-state index >= 15 is 0 Å². The van der Waals surface area contributed by atoms with Gasteiger partial charge in [0, 0.05) is 13.2 Å². The lowest BCUT2D eigenvalue weighted by atomic mass is 10.2. The molecular formula is C23H20Cl2N6O2. The first-order valence-corrected chi connectivity index (χ1v) is 11.2. The predicted molar refractivity (Wildman–Crippen MR) is 130 cm³/mol. The fourth-order valence-corrected chi connectivity index (χ4v) is 4.11. The third-order valence-corrected chi connectivity index (χ3v) is 6.22. The van der Waals surface area contributed by atoms with Crippen molar-refractivity contribution < 1.29 is 9.53 Å². The second-order valence-electron chi connectivity index (χ2n) is 7.72. The molecule has 8 nitrogen and oxygen atoms in total. The van der Waals surface area contributed by atoms with Crippen LogP contribution in [0.3, 0.4) is 0 Å². The maximum Gasteiger partial charge on any atom is 0.257 e. The number of anilines is 1. The summed E-state index contributed by atoms with van der Waals surface area (Å²) >= 11 is 12.1. The smallest absolute Gasteiger partial charge is 0.257 e. The van der Waals surface area contributed by atoms with Crippen LogP contribution in [-0.4, -0.2) is 46.0 Å². The van der Waals surface area contributed by atoms with Gasteiger partial charge in [-0.2, -0.15) is 9.78 Å². The molecule has 1 unspecified atom stereocenters. The van der Waals surface area contributed by atoms with Gasteiger partial charge in [-0.05, 0) is 42.7 Å². The van der Waals surface area contributed by atoms with Crippen molar-refractivity contribution in [3.63, 3.8) is 0 Å². The van der Waals surface area contributed by atoms with Crippen molar-refractivity contribution in [3.8, 4) is 0 Å². The zero-order valence-electron chi connectivity index (χ0n) is 17.5. The van der Waals surface area contributed by atoms with E-state index in [1.165, 1.54) is 4.68 Å². The minimum Gasteiger partial charge on any atom is -0.383 e. The zero-order chi connectivity index (χ0) is 22.9. The van der Waals surface area contributed by atoms with E-state index in [1.54, 1.807) is 24.4 Å². The second kappa shape index (κ2) is 8.97. The number of hydrogen-bond donors (Lipinski definition) is 2. The van der Waals surface area contributed by atoms with Crippen molar-refractivity contribution in [3.05, 3.63) is 63.6 Å². The largest absolute Gasteiger partial charge is 0.383 e. The highest BCUT2D eigenvalue weighted by Gasteiger charge is 2.25. The SMILES string of the molecule is Nc1c(C(=O)NCC2CCCO2)c2nc3ccccc3nc2n1N=Cc1ccc(Cl)c(Cl)c1. The van der Waals surface area contributed by atoms with Gasteiger partial charge in [0.1, 0.15) is 16.9 Å². The van der Waals surface area contributed by atoms with E-state index in [0.717, 1.165) is 12.8 Å². The van der Waals surface area contributed by atoms with Crippen LogP contribution in [0, 0.1) is 0 Å². The lowest BCUT2D eigenvalue weighted by Gasteiger charge is -2.10. The van der Waals surface area contributed by atoms with Crippen molar-refractivity contribution in [2.75, 3.05) is 18.9 Å². The molecule has 3 N–H and O–H groups in total. The molecule has 1 aliphatic rings. The first-order valence-electron chi connectivity index (χ1n) is 10.5. The summed E-state index contributed by atoms with van der Waals surface area (Å²) in [4.78, 5) is 22.5. The highest BCUT2D eigenvalue weighted by atomic mass is 35.5. The highest BCUT2D eigenvalue weighted by molar-refractivity contribution is 6.42. The van der Waals surface area contributed by atoms with Crippen LogP contribution in [0.1, 0.15) is 28.8 Å². The molecular weight excluding hydrogens is 463 g/mol. The Morgan fingerprint density at radius 3 is 2.73 bits per heavy atom. The number of rotatable bonds is 5. The summed E-state index contributed by atoms with van der Waals surface area (Å²) in [6, 6.07) is 12.6. The normalized spacial score (nSPS) is 16.2. The predicted octanol–water partition coefficient (Wildman–Crippen LogP) is 4.26. The lowest BCUT2D eigenvalue weighted by Crippen LogP contribution is -2.32. The maximum absolute atomic E-state index is 13.1. The van der Waals surface area contributed by atoms with Gasteiger partial charge in [-0.1, -0.05) is 41.4 Å². The molecule has 33 heavy (non-hydrogen) atoms. The molecule has 2 aromatic carbocycles. The average Bonchev–Trinajstić information content (AvgIpc) is 3.42. The number of nitrogen functional groups attached to an aromatic ring is 1. The summed E-state index contributed by atoms with van der Waals surface area (Å²) < 4.78 is 7.02. The van der Waals surface area contributed by atoms with Gasteiger partial charge in [0.05, 0.1) is 33.4 Å². The first-order chi connectivity index (χ1) is 16.0. The fourth-order valence-electron chi connectivity index (χ4n) is 3.81. The van der Waals surface area contributed by atoms with Crippen molar-refractivity contribution in [2.24, 2.45) is 5.10 Å². The minimum absolute atomic E-state index is 0.00288. The van der Waals surface area contributed by atoms with Crippen LogP contribution < -0.4 is 11.1 Å². The van der Waals surface area contributed by atoms with Gasteiger partial charge >= 0.3 is 0 Å². The fraction of sp³-hybridized carbons (Fsp3) is 0.217. The quantitative estimate of drug-likeness (QED) is 0.413. The molecule has 10 heteroatoms. The Morgan fingerprint density at radius 1 is 1.21 bits per heavy atom. The number of nitrogens with two attached hydrogens (primary N) is 1. The summed E-state index contributed by atoms with van der Waals surface area (Å²) in [5.41, 5.74) is 9.43. The van der Waals surface area contributed by atoms with Gasteiger partial charge in [0.15, 0.2) is 5.65 Å². The van der Waals surface area contributed by atoms with Crippen molar-refractivity contribution in [1.29, 1.82) is 0 Å². The molecule has 0 saturated carbocycles. The number of ether oxygens (including phenoxy) is 1. The third-order valence-electron chi connectivity index (χ3n) is 5.48. The molecule has 168 valence electrons. The Balaban J connectivity index is 1.59. The van der Waals surface area contributed by atoms with Crippen LogP contribution in [0.25, 0.3) is 22.2 Å². The Hall–Kier alpha value is -3.20. The Kier molecular flexibility index (Phi) is 5.88.